The molecule has 0 fully saturated rings. The number of hydrogen-bond donors (Lipinski definition) is 2. The summed E-state index contributed by atoms with van der Waals surface area (Å²) in [6, 6.07) is 2.02. The van der Waals surface area contributed by atoms with E-state index in [0.29, 0.717) is 5.92 Å². The van der Waals surface area contributed by atoms with E-state index in [0.717, 1.165) is 43.5 Å². The second-order valence-electron chi connectivity index (χ2n) is 5.31. The zero-order chi connectivity index (χ0) is 14.3. The molecule has 108 valence electrons. The van der Waals surface area contributed by atoms with E-state index in [-0.39, 0.29) is 0 Å². The second-order valence-corrected chi connectivity index (χ2v) is 5.31. The highest BCUT2D eigenvalue weighted by molar-refractivity contribution is 5.48. The first-order chi connectivity index (χ1) is 9.02. The average molecular weight is 265 g/mol. The van der Waals surface area contributed by atoms with Gasteiger partial charge in [-0.15, -0.1) is 0 Å². The van der Waals surface area contributed by atoms with Gasteiger partial charge in [-0.05, 0) is 32.9 Å². The smallest absolute Gasteiger partial charge is 0.134 e. The van der Waals surface area contributed by atoms with Gasteiger partial charge in [0.25, 0.3) is 0 Å². The number of nitrogens with one attached hydrogen (secondary N) is 2. The molecule has 5 heteroatoms. The first-order valence-corrected chi connectivity index (χ1v) is 6.98. The third-order valence-electron chi connectivity index (χ3n) is 2.83. The van der Waals surface area contributed by atoms with Crippen LogP contribution >= 0.6 is 0 Å². The van der Waals surface area contributed by atoms with Gasteiger partial charge >= 0.3 is 0 Å². The van der Waals surface area contributed by atoms with Crippen molar-refractivity contribution in [3.8, 4) is 0 Å². The molecule has 19 heavy (non-hydrogen) atoms. The SMILES string of the molecule is CNCCCN(C)c1cc(NCC(C)C)nc(C)n1. The number of rotatable bonds is 8. The molecule has 2 N–H and O–H groups in total. The molecule has 0 saturated heterocycles. The zero-order valence-corrected chi connectivity index (χ0v) is 12.8. The minimum Gasteiger partial charge on any atom is -0.370 e. The highest BCUT2D eigenvalue weighted by Crippen LogP contribution is 2.15. The predicted octanol–water partition coefficient (Wildman–Crippen LogP) is 1.90. The lowest BCUT2D eigenvalue weighted by atomic mass is 10.2. The average Bonchev–Trinajstić information content (AvgIpc) is 2.36. The molecular formula is C14H27N5. The number of aryl methyl sites for hydroxylation is 1. The van der Waals surface area contributed by atoms with Crippen molar-refractivity contribution in [1.29, 1.82) is 0 Å². The van der Waals surface area contributed by atoms with Crippen LogP contribution in [-0.4, -0.2) is 43.7 Å². The maximum atomic E-state index is 4.49. The van der Waals surface area contributed by atoms with Crippen LogP contribution in [0.15, 0.2) is 6.07 Å². The minimum atomic E-state index is 0.604. The van der Waals surface area contributed by atoms with Gasteiger partial charge in [-0.3, -0.25) is 0 Å². The van der Waals surface area contributed by atoms with Gasteiger partial charge in [-0.25, -0.2) is 9.97 Å². The third kappa shape index (κ3) is 5.87. The minimum absolute atomic E-state index is 0.604. The molecule has 0 aliphatic rings. The van der Waals surface area contributed by atoms with E-state index < -0.39 is 0 Å². The Bertz CT molecular complexity index is 378. The fraction of sp³-hybridized carbons (Fsp3) is 0.714. The van der Waals surface area contributed by atoms with Gasteiger partial charge in [0.2, 0.25) is 0 Å². The van der Waals surface area contributed by atoms with Crippen molar-refractivity contribution in [2.24, 2.45) is 5.92 Å². The fourth-order valence-electron chi connectivity index (χ4n) is 1.75. The predicted molar refractivity (Wildman–Crippen MR) is 81.9 cm³/mol. The maximum absolute atomic E-state index is 4.49. The normalized spacial score (nSPS) is 10.8. The molecule has 1 aromatic heterocycles. The van der Waals surface area contributed by atoms with Gasteiger partial charge in [0.1, 0.15) is 17.5 Å². The number of nitrogens with zero attached hydrogens (tertiary/aromatic N) is 3. The first-order valence-electron chi connectivity index (χ1n) is 6.98. The summed E-state index contributed by atoms with van der Waals surface area (Å²) in [5.74, 6) is 3.31. The Morgan fingerprint density at radius 3 is 2.68 bits per heavy atom. The zero-order valence-electron chi connectivity index (χ0n) is 12.8. The topological polar surface area (TPSA) is 53.1 Å². The summed E-state index contributed by atoms with van der Waals surface area (Å²) in [7, 11) is 4.05. The molecule has 1 heterocycles. The van der Waals surface area contributed by atoms with Gasteiger partial charge in [-0.2, -0.15) is 0 Å². The van der Waals surface area contributed by atoms with Gasteiger partial charge in [-0.1, -0.05) is 13.8 Å². The summed E-state index contributed by atoms with van der Waals surface area (Å²) < 4.78 is 0. The highest BCUT2D eigenvalue weighted by Gasteiger charge is 2.06. The van der Waals surface area contributed by atoms with Crippen LogP contribution < -0.4 is 15.5 Å². The van der Waals surface area contributed by atoms with Gasteiger partial charge in [0.15, 0.2) is 0 Å². The molecular weight excluding hydrogens is 238 g/mol. The molecule has 5 nitrogen and oxygen atoms in total. The summed E-state index contributed by atoms with van der Waals surface area (Å²) in [6.07, 6.45) is 1.10. The van der Waals surface area contributed by atoms with Crippen LogP contribution in [-0.2, 0) is 0 Å². The van der Waals surface area contributed by atoms with E-state index in [2.05, 4.69) is 46.4 Å². The van der Waals surface area contributed by atoms with Crippen molar-refractivity contribution in [2.75, 3.05) is 43.9 Å². The molecule has 1 rings (SSSR count). The fourth-order valence-corrected chi connectivity index (χ4v) is 1.75. The van der Waals surface area contributed by atoms with Crippen molar-refractivity contribution < 1.29 is 0 Å². The second kappa shape index (κ2) is 7.94. The summed E-state index contributed by atoms with van der Waals surface area (Å²) >= 11 is 0. The van der Waals surface area contributed by atoms with Crippen LogP contribution in [0, 0.1) is 12.8 Å². The molecule has 0 unspecified atom stereocenters. The molecule has 0 aromatic carbocycles. The van der Waals surface area contributed by atoms with Gasteiger partial charge < -0.3 is 15.5 Å². The molecule has 0 amide bonds. The Morgan fingerprint density at radius 2 is 2.05 bits per heavy atom. The number of aromatic nitrogens is 2. The number of hydrogen-bond acceptors (Lipinski definition) is 5. The Morgan fingerprint density at radius 1 is 1.32 bits per heavy atom. The van der Waals surface area contributed by atoms with E-state index in [4.69, 9.17) is 0 Å². The van der Waals surface area contributed by atoms with Gasteiger partial charge in [0, 0.05) is 26.2 Å². The monoisotopic (exact) mass is 265 g/mol. The molecule has 0 aliphatic heterocycles. The van der Waals surface area contributed by atoms with Crippen molar-refractivity contribution in [3.05, 3.63) is 11.9 Å². The summed E-state index contributed by atoms with van der Waals surface area (Å²) in [5.41, 5.74) is 0. The van der Waals surface area contributed by atoms with Crippen LogP contribution in [0.25, 0.3) is 0 Å². The maximum Gasteiger partial charge on any atom is 0.134 e. The van der Waals surface area contributed by atoms with Crippen molar-refractivity contribution in [2.45, 2.75) is 27.2 Å². The summed E-state index contributed by atoms with van der Waals surface area (Å²) in [6.45, 7) is 9.25. The van der Waals surface area contributed by atoms with E-state index in [1.54, 1.807) is 0 Å². The highest BCUT2D eigenvalue weighted by atomic mass is 15.2. The van der Waals surface area contributed by atoms with Gasteiger partial charge in [0.05, 0.1) is 0 Å². The molecule has 0 radical (unpaired) electrons. The Kier molecular flexibility index (Phi) is 6.56. The lowest BCUT2D eigenvalue weighted by molar-refractivity contribution is 0.685. The lowest BCUT2D eigenvalue weighted by Gasteiger charge is -2.19. The van der Waals surface area contributed by atoms with E-state index >= 15 is 0 Å². The first kappa shape index (κ1) is 15.7. The van der Waals surface area contributed by atoms with Crippen LogP contribution in [0.3, 0.4) is 0 Å². The van der Waals surface area contributed by atoms with E-state index in [1.165, 1.54) is 0 Å². The van der Waals surface area contributed by atoms with Crippen molar-refractivity contribution in [3.63, 3.8) is 0 Å². The van der Waals surface area contributed by atoms with Crippen molar-refractivity contribution in [1.82, 2.24) is 15.3 Å². The largest absolute Gasteiger partial charge is 0.370 e. The van der Waals surface area contributed by atoms with E-state index in [9.17, 15) is 0 Å². The lowest BCUT2D eigenvalue weighted by Crippen LogP contribution is -2.23. The molecule has 0 saturated carbocycles. The quantitative estimate of drug-likeness (QED) is 0.703. The standard InChI is InChI=1S/C14H27N5/c1-11(2)10-16-13-9-14(18-12(3)17-13)19(5)8-6-7-15-4/h9,11,15H,6-8,10H2,1-5H3,(H,16,17,18). The Balaban J connectivity index is 2.66. The van der Waals surface area contributed by atoms with Crippen molar-refractivity contribution >= 4 is 11.6 Å². The van der Waals surface area contributed by atoms with Crippen LogP contribution in [0.1, 0.15) is 26.1 Å². The summed E-state index contributed by atoms with van der Waals surface area (Å²) in [5, 5.41) is 6.52. The molecule has 0 atom stereocenters. The molecule has 0 bridgehead atoms. The van der Waals surface area contributed by atoms with Crippen LogP contribution in [0.4, 0.5) is 11.6 Å². The Labute approximate surface area is 116 Å². The summed E-state index contributed by atoms with van der Waals surface area (Å²) in [4.78, 5) is 11.1. The number of anilines is 2. The Hall–Kier alpha value is -1.36. The van der Waals surface area contributed by atoms with Crippen LogP contribution in [0.5, 0.6) is 0 Å². The molecule has 0 aliphatic carbocycles. The van der Waals surface area contributed by atoms with E-state index in [1.807, 2.05) is 20.0 Å². The molecule has 0 spiro atoms. The van der Waals surface area contributed by atoms with Crippen LogP contribution in [0.2, 0.25) is 0 Å². The molecule has 1 aromatic rings. The third-order valence-corrected chi connectivity index (χ3v) is 2.83.